The van der Waals surface area contributed by atoms with E-state index in [0.29, 0.717) is 13.1 Å². The molecular formula is C12H14F3NO2. The van der Waals surface area contributed by atoms with Crippen molar-refractivity contribution in [1.29, 1.82) is 0 Å². The van der Waals surface area contributed by atoms with Gasteiger partial charge in [-0.1, -0.05) is 0 Å². The summed E-state index contributed by atoms with van der Waals surface area (Å²) in [6.07, 6.45) is -1.94. The van der Waals surface area contributed by atoms with Gasteiger partial charge in [0.25, 0.3) is 5.91 Å². The average molecular weight is 261 g/mol. The van der Waals surface area contributed by atoms with Crippen molar-refractivity contribution in [1.82, 2.24) is 4.90 Å². The van der Waals surface area contributed by atoms with Gasteiger partial charge < -0.3 is 9.32 Å². The molecule has 0 spiro atoms. The predicted molar refractivity (Wildman–Crippen MR) is 58.2 cm³/mol. The molecule has 0 aromatic carbocycles. The molecular weight excluding hydrogens is 247 g/mol. The SMILES string of the molecule is Cc1cc(C(=O)N2CCCCC2)c(C(F)(F)F)o1. The van der Waals surface area contributed by atoms with Crippen molar-refractivity contribution >= 4 is 5.91 Å². The van der Waals surface area contributed by atoms with Crippen LogP contribution in [0.5, 0.6) is 0 Å². The molecule has 1 fully saturated rings. The molecule has 18 heavy (non-hydrogen) atoms. The van der Waals surface area contributed by atoms with Crippen molar-refractivity contribution in [2.24, 2.45) is 0 Å². The summed E-state index contributed by atoms with van der Waals surface area (Å²) in [5.74, 6) is -1.67. The van der Waals surface area contributed by atoms with Gasteiger partial charge >= 0.3 is 6.18 Å². The molecule has 0 bridgehead atoms. The Morgan fingerprint density at radius 2 is 1.89 bits per heavy atom. The molecule has 2 heterocycles. The number of carbonyl (C=O) groups excluding carboxylic acids is 1. The zero-order chi connectivity index (χ0) is 13.3. The Balaban J connectivity index is 2.29. The lowest BCUT2D eigenvalue weighted by Gasteiger charge is -2.26. The fourth-order valence-electron chi connectivity index (χ4n) is 2.15. The van der Waals surface area contributed by atoms with Crippen molar-refractivity contribution in [3.63, 3.8) is 0 Å². The Kier molecular flexibility index (Phi) is 3.36. The largest absolute Gasteiger partial charge is 0.456 e. The van der Waals surface area contributed by atoms with Crippen LogP contribution in [0.2, 0.25) is 0 Å². The fraction of sp³-hybridized carbons (Fsp3) is 0.583. The van der Waals surface area contributed by atoms with Gasteiger partial charge in [0.2, 0.25) is 5.76 Å². The quantitative estimate of drug-likeness (QED) is 0.777. The maximum atomic E-state index is 12.7. The van der Waals surface area contributed by atoms with Gasteiger partial charge in [0.05, 0.1) is 5.56 Å². The van der Waals surface area contributed by atoms with Gasteiger partial charge in [0, 0.05) is 13.1 Å². The molecule has 0 aliphatic carbocycles. The van der Waals surface area contributed by atoms with Gasteiger partial charge in [-0.2, -0.15) is 13.2 Å². The van der Waals surface area contributed by atoms with Crippen LogP contribution in [-0.4, -0.2) is 23.9 Å². The summed E-state index contributed by atoms with van der Waals surface area (Å²) < 4.78 is 42.8. The number of piperidine rings is 1. The second-order valence-corrected chi connectivity index (χ2v) is 4.45. The maximum absolute atomic E-state index is 12.7. The standard InChI is InChI=1S/C12H14F3NO2/c1-8-7-9(10(18-8)12(13,14)15)11(17)16-5-3-2-4-6-16/h7H,2-6H2,1H3. The summed E-state index contributed by atoms with van der Waals surface area (Å²) in [7, 11) is 0. The average Bonchev–Trinajstić information content (AvgIpc) is 2.71. The molecule has 0 atom stereocenters. The fourth-order valence-corrected chi connectivity index (χ4v) is 2.15. The molecule has 1 aromatic rings. The van der Waals surface area contributed by atoms with Crippen molar-refractivity contribution in [2.45, 2.75) is 32.4 Å². The van der Waals surface area contributed by atoms with Gasteiger partial charge in [-0.3, -0.25) is 4.79 Å². The van der Waals surface area contributed by atoms with Crippen LogP contribution in [0, 0.1) is 6.92 Å². The second kappa shape index (κ2) is 4.66. The van der Waals surface area contributed by atoms with E-state index in [-0.39, 0.29) is 11.3 Å². The van der Waals surface area contributed by atoms with Crippen molar-refractivity contribution in [3.05, 3.63) is 23.2 Å². The molecule has 0 N–H and O–H groups in total. The van der Waals surface area contributed by atoms with Gasteiger partial charge in [0.1, 0.15) is 5.76 Å². The molecule has 1 aromatic heterocycles. The first-order valence-electron chi connectivity index (χ1n) is 5.86. The molecule has 3 nitrogen and oxygen atoms in total. The van der Waals surface area contributed by atoms with Crippen molar-refractivity contribution < 1.29 is 22.4 Å². The van der Waals surface area contributed by atoms with E-state index in [1.165, 1.54) is 17.9 Å². The molecule has 0 unspecified atom stereocenters. The Hall–Kier alpha value is -1.46. The molecule has 100 valence electrons. The number of carbonyl (C=O) groups is 1. The maximum Gasteiger partial charge on any atom is 0.450 e. The van der Waals surface area contributed by atoms with E-state index in [1.54, 1.807) is 0 Å². The van der Waals surface area contributed by atoms with Gasteiger partial charge in [-0.25, -0.2) is 0 Å². The van der Waals surface area contributed by atoms with E-state index in [1.807, 2.05) is 0 Å². The van der Waals surface area contributed by atoms with E-state index < -0.39 is 17.8 Å². The topological polar surface area (TPSA) is 33.5 Å². The van der Waals surface area contributed by atoms with Gasteiger partial charge in [-0.05, 0) is 32.3 Å². The normalized spacial score (nSPS) is 17.0. The third-order valence-corrected chi connectivity index (χ3v) is 2.99. The van der Waals surface area contributed by atoms with E-state index in [0.717, 1.165) is 19.3 Å². The minimum Gasteiger partial charge on any atom is -0.456 e. The Morgan fingerprint density at radius 3 is 2.44 bits per heavy atom. The van der Waals surface area contributed by atoms with E-state index in [9.17, 15) is 18.0 Å². The molecule has 1 saturated heterocycles. The number of furan rings is 1. The van der Waals surface area contributed by atoms with Crippen LogP contribution >= 0.6 is 0 Å². The second-order valence-electron chi connectivity index (χ2n) is 4.45. The zero-order valence-electron chi connectivity index (χ0n) is 10.0. The Morgan fingerprint density at radius 1 is 1.28 bits per heavy atom. The molecule has 0 radical (unpaired) electrons. The molecule has 1 aliphatic heterocycles. The third kappa shape index (κ3) is 2.52. The highest BCUT2D eigenvalue weighted by Gasteiger charge is 2.40. The lowest BCUT2D eigenvalue weighted by Crippen LogP contribution is -2.36. The molecule has 0 saturated carbocycles. The molecule has 6 heteroatoms. The third-order valence-electron chi connectivity index (χ3n) is 2.99. The number of nitrogens with zero attached hydrogens (tertiary/aromatic N) is 1. The number of hydrogen-bond acceptors (Lipinski definition) is 2. The zero-order valence-corrected chi connectivity index (χ0v) is 10.0. The summed E-state index contributed by atoms with van der Waals surface area (Å²) in [4.78, 5) is 13.5. The van der Waals surface area contributed by atoms with Crippen LogP contribution in [0.15, 0.2) is 10.5 Å². The Labute approximate surface area is 103 Å². The number of amides is 1. The summed E-state index contributed by atoms with van der Waals surface area (Å²) in [6, 6.07) is 1.17. The first-order valence-corrected chi connectivity index (χ1v) is 5.86. The van der Waals surface area contributed by atoms with Crippen LogP contribution in [0.25, 0.3) is 0 Å². The monoisotopic (exact) mass is 261 g/mol. The van der Waals surface area contributed by atoms with Crippen molar-refractivity contribution in [2.75, 3.05) is 13.1 Å². The number of halogens is 3. The lowest BCUT2D eigenvalue weighted by atomic mass is 10.1. The first-order chi connectivity index (χ1) is 8.39. The summed E-state index contributed by atoms with van der Waals surface area (Å²) in [5.41, 5.74) is -0.373. The van der Waals surface area contributed by atoms with Crippen LogP contribution in [0.3, 0.4) is 0 Å². The van der Waals surface area contributed by atoms with Crippen LogP contribution in [-0.2, 0) is 6.18 Å². The lowest BCUT2D eigenvalue weighted by molar-refractivity contribution is -0.153. The van der Waals surface area contributed by atoms with Crippen LogP contribution in [0.4, 0.5) is 13.2 Å². The van der Waals surface area contributed by atoms with Gasteiger partial charge in [-0.15, -0.1) is 0 Å². The first kappa shape index (κ1) is 13.0. The molecule has 1 aliphatic rings. The minimum atomic E-state index is -4.63. The number of likely N-dealkylation sites (tertiary alicyclic amines) is 1. The highest BCUT2D eigenvalue weighted by Crippen LogP contribution is 2.34. The number of alkyl halides is 3. The van der Waals surface area contributed by atoms with E-state index in [4.69, 9.17) is 0 Å². The van der Waals surface area contributed by atoms with Crippen LogP contribution < -0.4 is 0 Å². The number of aryl methyl sites for hydroxylation is 1. The van der Waals surface area contributed by atoms with Crippen LogP contribution in [0.1, 0.15) is 41.1 Å². The number of hydrogen-bond donors (Lipinski definition) is 0. The molecule has 1 amide bonds. The highest BCUT2D eigenvalue weighted by atomic mass is 19.4. The summed E-state index contributed by atoms with van der Waals surface area (Å²) in [5, 5.41) is 0. The smallest absolute Gasteiger partial charge is 0.450 e. The summed E-state index contributed by atoms with van der Waals surface area (Å²) in [6.45, 7) is 2.43. The molecule has 2 rings (SSSR count). The highest BCUT2D eigenvalue weighted by molar-refractivity contribution is 5.95. The number of rotatable bonds is 1. The van der Waals surface area contributed by atoms with Crippen molar-refractivity contribution in [3.8, 4) is 0 Å². The van der Waals surface area contributed by atoms with Gasteiger partial charge in [0.15, 0.2) is 0 Å². The van der Waals surface area contributed by atoms with E-state index in [2.05, 4.69) is 4.42 Å². The Bertz CT molecular complexity index is 445. The summed E-state index contributed by atoms with van der Waals surface area (Å²) >= 11 is 0. The minimum absolute atomic E-state index is 0.0997. The predicted octanol–water partition coefficient (Wildman–Crippen LogP) is 3.23. The van der Waals surface area contributed by atoms with E-state index >= 15 is 0 Å².